The molecule has 140 valence electrons. The van der Waals surface area contributed by atoms with Gasteiger partial charge in [0.25, 0.3) is 0 Å². The monoisotopic (exact) mass is 379 g/mol. The second-order valence-electron chi connectivity index (χ2n) is 4.92. The van der Waals surface area contributed by atoms with Gasteiger partial charge in [-0.2, -0.15) is 0 Å². The molecule has 0 aliphatic heterocycles. The van der Waals surface area contributed by atoms with Gasteiger partial charge in [0.2, 0.25) is 0 Å². The maximum atomic E-state index is 12.2. The zero-order valence-electron chi connectivity index (χ0n) is 14.0. The van der Waals surface area contributed by atoms with E-state index in [9.17, 15) is 18.0 Å². The lowest BCUT2D eigenvalue weighted by atomic mass is 10.2. The molecule has 0 radical (unpaired) electrons. The van der Waals surface area contributed by atoms with Crippen LogP contribution >= 0.6 is 12.2 Å². The molecule has 0 aliphatic rings. The fourth-order valence-electron chi connectivity index (χ4n) is 2.02. The lowest BCUT2D eigenvalue weighted by Crippen LogP contribution is -2.33. The smallest absolute Gasteiger partial charge is 0.466 e. The molecule has 5 nitrogen and oxygen atoms in total. The lowest BCUT2D eigenvalue weighted by molar-refractivity contribution is -0.274. The Kier molecular flexibility index (Phi) is 8.64. The molecule has 1 aromatic carbocycles. The molecule has 0 unspecified atom stereocenters. The Hall–Kier alpha value is -1.87. The van der Waals surface area contributed by atoms with E-state index in [4.69, 9.17) is 21.7 Å². The summed E-state index contributed by atoms with van der Waals surface area (Å²) in [5, 5.41) is 0. The molecule has 0 saturated carbocycles. The molecule has 0 N–H and O–H groups in total. The van der Waals surface area contributed by atoms with Gasteiger partial charge in [0.1, 0.15) is 5.75 Å². The van der Waals surface area contributed by atoms with E-state index < -0.39 is 12.3 Å². The SMILES string of the molecule is CCOC(=O)CC(=S)N(CCCOC)c1ccc(OC(F)(F)F)cc1. The Bertz CT molecular complexity index is 563. The van der Waals surface area contributed by atoms with E-state index in [0.717, 1.165) is 0 Å². The van der Waals surface area contributed by atoms with Crippen molar-refractivity contribution in [1.29, 1.82) is 0 Å². The van der Waals surface area contributed by atoms with Crippen molar-refractivity contribution in [1.82, 2.24) is 0 Å². The van der Waals surface area contributed by atoms with Crippen LogP contribution in [0.4, 0.5) is 18.9 Å². The molecule has 0 bridgehead atoms. The van der Waals surface area contributed by atoms with Crippen molar-refractivity contribution in [2.24, 2.45) is 0 Å². The Morgan fingerprint density at radius 3 is 2.40 bits per heavy atom. The van der Waals surface area contributed by atoms with Crippen molar-refractivity contribution < 1.29 is 32.2 Å². The van der Waals surface area contributed by atoms with E-state index in [1.807, 2.05) is 0 Å². The first kappa shape index (κ1) is 21.2. The van der Waals surface area contributed by atoms with Crippen LogP contribution in [0.1, 0.15) is 19.8 Å². The van der Waals surface area contributed by atoms with E-state index in [0.29, 0.717) is 30.2 Å². The minimum atomic E-state index is -4.75. The van der Waals surface area contributed by atoms with Crippen LogP contribution in [-0.2, 0) is 14.3 Å². The van der Waals surface area contributed by atoms with Crippen LogP contribution < -0.4 is 9.64 Å². The highest BCUT2D eigenvalue weighted by Crippen LogP contribution is 2.26. The average molecular weight is 379 g/mol. The van der Waals surface area contributed by atoms with E-state index in [1.54, 1.807) is 18.9 Å². The van der Waals surface area contributed by atoms with Gasteiger partial charge in [0.05, 0.1) is 18.0 Å². The van der Waals surface area contributed by atoms with Crippen molar-refractivity contribution in [2.75, 3.05) is 31.8 Å². The first-order valence-electron chi connectivity index (χ1n) is 7.57. The molecule has 0 aromatic heterocycles. The number of alkyl halides is 3. The highest BCUT2D eigenvalue weighted by molar-refractivity contribution is 7.80. The van der Waals surface area contributed by atoms with Crippen LogP contribution in [0.5, 0.6) is 5.75 Å². The Labute approximate surface area is 149 Å². The van der Waals surface area contributed by atoms with Crippen molar-refractivity contribution in [3.63, 3.8) is 0 Å². The number of carbonyl (C=O) groups is 1. The van der Waals surface area contributed by atoms with Crippen LogP contribution in [0.2, 0.25) is 0 Å². The van der Waals surface area contributed by atoms with Crippen molar-refractivity contribution in [2.45, 2.75) is 26.1 Å². The highest BCUT2D eigenvalue weighted by atomic mass is 32.1. The molecular formula is C16H20F3NO4S. The Balaban J connectivity index is 2.87. The summed E-state index contributed by atoms with van der Waals surface area (Å²) >= 11 is 5.29. The summed E-state index contributed by atoms with van der Waals surface area (Å²) in [7, 11) is 1.56. The van der Waals surface area contributed by atoms with Gasteiger partial charge in [0, 0.05) is 25.9 Å². The molecule has 0 amide bonds. The molecule has 1 rings (SSSR count). The normalized spacial score (nSPS) is 11.1. The zero-order valence-corrected chi connectivity index (χ0v) is 14.8. The summed E-state index contributed by atoms with van der Waals surface area (Å²) in [5.41, 5.74) is 0.555. The quantitative estimate of drug-likeness (QED) is 0.370. The number of anilines is 1. The van der Waals surface area contributed by atoms with Crippen molar-refractivity contribution in [3.8, 4) is 5.75 Å². The molecule has 1 aromatic rings. The first-order chi connectivity index (χ1) is 11.8. The van der Waals surface area contributed by atoms with Crippen molar-refractivity contribution in [3.05, 3.63) is 24.3 Å². The van der Waals surface area contributed by atoms with Crippen LogP contribution in [0.3, 0.4) is 0 Å². The summed E-state index contributed by atoms with van der Waals surface area (Å²) in [5.74, 6) is -0.786. The topological polar surface area (TPSA) is 48.0 Å². The van der Waals surface area contributed by atoms with Gasteiger partial charge in [-0.15, -0.1) is 13.2 Å². The predicted octanol–water partition coefficient (Wildman–Crippen LogP) is 3.71. The molecule has 0 heterocycles. The van der Waals surface area contributed by atoms with E-state index >= 15 is 0 Å². The first-order valence-corrected chi connectivity index (χ1v) is 7.98. The largest absolute Gasteiger partial charge is 0.573 e. The molecule has 0 fully saturated rings. The van der Waals surface area contributed by atoms with Gasteiger partial charge in [-0.05, 0) is 37.6 Å². The van der Waals surface area contributed by atoms with E-state index in [2.05, 4.69) is 4.74 Å². The maximum absolute atomic E-state index is 12.2. The summed E-state index contributed by atoms with van der Waals surface area (Å²) in [6, 6.07) is 5.29. The number of benzene rings is 1. The summed E-state index contributed by atoms with van der Waals surface area (Å²) in [6.45, 7) is 2.87. The van der Waals surface area contributed by atoms with Gasteiger partial charge >= 0.3 is 12.3 Å². The third-order valence-electron chi connectivity index (χ3n) is 3.01. The van der Waals surface area contributed by atoms with E-state index in [-0.39, 0.29) is 18.8 Å². The van der Waals surface area contributed by atoms with Gasteiger partial charge in [-0.1, -0.05) is 12.2 Å². The Morgan fingerprint density at radius 2 is 1.88 bits per heavy atom. The van der Waals surface area contributed by atoms with Crippen LogP contribution in [0.15, 0.2) is 24.3 Å². The summed E-state index contributed by atoms with van der Waals surface area (Å²) in [4.78, 5) is 13.6. The fraction of sp³-hybridized carbons (Fsp3) is 0.500. The van der Waals surface area contributed by atoms with Crippen LogP contribution in [0.25, 0.3) is 0 Å². The molecule has 0 atom stereocenters. The summed E-state index contributed by atoms with van der Waals surface area (Å²) < 4.78 is 50.4. The fourth-order valence-corrected chi connectivity index (χ4v) is 2.34. The van der Waals surface area contributed by atoms with Crippen LogP contribution in [-0.4, -0.2) is 44.2 Å². The molecule has 0 saturated heterocycles. The predicted molar refractivity (Wildman–Crippen MR) is 90.8 cm³/mol. The third-order valence-corrected chi connectivity index (χ3v) is 3.38. The number of halogens is 3. The number of rotatable bonds is 9. The number of esters is 1. The Morgan fingerprint density at radius 1 is 1.24 bits per heavy atom. The van der Waals surface area contributed by atoms with Gasteiger partial charge < -0.3 is 19.1 Å². The van der Waals surface area contributed by atoms with Gasteiger partial charge in [0.15, 0.2) is 0 Å². The molecule has 25 heavy (non-hydrogen) atoms. The molecule has 9 heteroatoms. The summed E-state index contributed by atoms with van der Waals surface area (Å²) in [6.07, 6.45) is -4.21. The third kappa shape index (κ3) is 8.17. The second-order valence-corrected chi connectivity index (χ2v) is 5.39. The van der Waals surface area contributed by atoms with Gasteiger partial charge in [-0.3, -0.25) is 4.79 Å². The number of thiocarbonyl (C=S) groups is 1. The number of carbonyl (C=O) groups excluding carboxylic acids is 1. The average Bonchev–Trinajstić information content (AvgIpc) is 2.51. The molecular weight excluding hydrogens is 359 g/mol. The second kappa shape index (κ2) is 10.2. The minimum absolute atomic E-state index is 0.0864. The van der Waals surface area contributed by atoms with Gasteiger partial charge in [-0.25, -0.2) is 0 Å². The number of hydrogen-bond donors (Lipinski definition) is 0. The van der Waals surface area contributed by atoms with Crippen molar-refractivity contribution >= 4 is 28.9 Å². The maximum Gasteiger partial charge on any atom is 0.573 e. The zero-order chi connectivity index (χ0) is 18.9. The molecule has 0 aliphatic carbocycles. The number of ether oxygens (including phenoxy) is 3. The standard InChI is InChI=1S/C16H20F3NO4S/c1-3-23-15(21)11-14(25)20(9-4-10-22-2)12-5-7-13(8-6-12)24-16(17,18)19/h5-8H,3-4,9-11H2,1-2H3. The highest BCUT2D eigenvalue weighted by Gasteiger charge is 2.31. The number of methoxy groups -OCH3 is 1. The number of nitrogens with zero attached hydrogens (tertiary/aromatic N) is 1. The van der Waals surface area contributed by atoms with Crippen LogP contribution in [0, 0.1) is 0 Å². The number of hydrogen-bond acceptors (Lipinski definition) is 5. The van der Waals surface area contributed by atoms with E-state index in [1.165, 1.54) is 24.3 Å². The lowest BCUT2D eigenvalue weighted by Gasteiger charge is -2.25. The minimum Gasteiger partial charge on any atom is -0.466 e. The molecule has 0 spiro atoms.